The van der Waals surface area contributed by atoms with E-state index in [0.717, 1.165) is 25.7 Å². The minimum atomic E-state index is -0.822. The monoisotopic (exact) mass is 279 g/mol. The van der Waals surface area contributed by atoms with Crippen LogP contribution in [0.4, 0.5) is 14.5 Å². The molecule has 4 nitrogen and oxygen atoms in total. The van der Waals surface area contributed by atoms with Crippen LogP contribution in [0.15, 0.2) is 12.1 Å². The van der Waals surface area contributed by atoms with E-state index in [1.165, 1.54) is 6.07 Å². The van der Waals surface area contributed by atoms with Crippen molar-refractivity contribution in [3.8, 4) is 0 Å². The SMILES string of the molecule is [C-]#[N+]c1c(F)ccc([C@@H]2CN3CCNC[C@H]3CO2)c1F. The molecule has 2 atom stereocenters. The van der Waals surface area contributed by atoms with Gasteiger partial charge in [0.1, 0.15) is 11.6 Å². The van der Waals surface area contributed by atoms with Gasteiger partial charge in [-0.1, -0.05) is 6.07 Å². The fourth-order valence-electron chi connectivity index (χ4n) is 2.80. The normalized spacial score (nSPS) is 26.9. The molecule has 0 bridgehead atoms. The second-order valence-electron chi connectivity index (χ2n) is 5.09. The van der Waals surface area contributed by atoms with Crippen molar-refractivity contribution in [3.05, 3.63) is 40.7 Å². The summed E-state index contributed by atoms with van der Waals surface area (Å²) in [5.41, 5.74) is -0.275. The quantitative estimate of drug-likeness (QED) is 0.796. The highest BCUT2D eigenvalue weighted by Crippen LogP contribution is 2.32. The van der Waals surface area contributed by atoms with Crippen molar-refractivity contribution in [2.45, 2.75) is 12.1 Å². The van der Waals surface area contributed by atoms with Crippen LogP contribution in [0.3, 0.4) is 0 Å². The van der Waals surface area contributed by atoms with E-state index in [4.69, 9.17) is 11.3 Å². The smallest absolute Gasteiger partial charge is 0.257 e. The molecule has 6 heteroatoms. The highest BCUT2D eigenvalue weighted by molar-refractivity contribution is 5.50. The zero-order chi connectivity index (χ0) is 14.1. The molecule has 1 N–H and O–H groups in total. The van der Waals surface area contributed by atoms with Crippen LogP contribution in [0, 0.1) is 18.2 Å². The molecule has 2 aliphatic rings. The Morgan fingerprint density at radius 2 is 2.25 bits per heavy atom. The first kappa shape index (κ1) is 13.4. The van der Waals surface area contributed by atoms with Gasteiger partial charge in [0.25, 0.3) is 5.69 Å². The summed E-state index contributed by atoms with van der Waals surface area (Å²) in [6.45, 7) is 10.6. The van der Waals surface area contributed by atoms with E-state index in [9.17, 15) is 8.78 Å². The van der Waals surface area contributed by atoms with Gasteiger partial charge < -0.3 is 10.1 Å². The van der Waals surface area contributed by atoms with Crippen molar-refractivity contribution in [2.24, 2.45) is 0 Å². The Kier molecular flexibility index (Phi) is 3.66. The summed E-state index contributed by atoms with van der Waals surface area (Å²) in [4.78, 5) is 5.18. The Balaban J connectivity index is 1.85. The van der Waals surface area contributed by atoms with Crippen LogP contribution < -0.4 is 5.32 Å². The fraction of sp³-hybridized carbons (Fsp3) is 0.500. The van der Waals surface area contributed by atoms with Gasteiger partial charge in [-0.2, -0.15) is 0 Å². The first-order chi connectivity index (χ1) is 9.70. The van der Waals surface area contributed by atoms with Gasteiger partial charge in [0.05, 0.1) is 19.3 Å². The Labute approximate surface area is 116 Å². The molecule has 1 aromatic rings. The molecule has 0 saturated carbocycles. The van der Waals surface area contributed by atoms with Gasteiger partial charge in [-0.05, 0) is 6.07 Å². The average molecular weight is 279 g/mol. The number of nitrogens with one attached hydrogen (secondary N) is 1. The summed E-state index contributed by atoms with van der Waals surface area (Å²) >= 11 is 0. The van der Waals surface area contributed by atoms with Crippen LogP contribution in [0.2, 0.25) is 0 Å². The maximum absolute atomic E-state index is 14.2. The molecule has 106 valence electrons. The maximum atomic E-state index is 14.2. The zero-order valence-electron chi connectivity index (χ0n) is 10.9. The first-order valence-corrected chi connectivity index (χ1v) is 6.62. The Bertz CT molecular complexity index is 558. The molecule has 0 amide bonds. The van der Waals surface area contributed by atoms with Crippen LogP contribution in [0.5, 0.6) is 0 Å². The number of piperazine rings is 1. The predicted molar refractivity (Wildman–Crippen MR) is 69.5 cm³/mol. The Hall–Kier alpha value is -1.55. The molecule has 0 aromatic heterocycles. The number of halogens is 2. The van der Waals surface area contributed by atoms with Crippen LogP contribution in [0.1, 0.15) is 11.7 Å². The van der Waals surface area contributed by atoms with Crippen molar-refractivity contribution < 1.29 is 13.5 Å². The van der Waals surface area contributed by atoms with Crippen LogP contribution in [0.25, 0.3) is 4.85 Å². The molecule has 0 aliphatic carbocycles. The van der Waals surface area contributed by atoms with Crippen molar-refractivity contribution >= 4 is 5.69 Å². The van der Waals surface area contributed by atoms with Gasteiger partial charge in [0, 0.05) is 37.8 Å². The molecular weight excluding hydrogens is 264 g/mol. The van der Waals surface area contributed by atoms with Gasteiger partial charge in [0.2, 0.25) is 0 Å². The topological polar surface area (TPSA) is 28.9 Å². The van der Waals surface area contributed by atoms with Gasteiger partial charge in [-0.25, -0.2) is 13.6 Å². The lowest BCUT2D eigenvalue weighted by Gasteiger charge is -2.42. The van der Waals surface area contributed by atoms with E-state index >= 15 is 0 Å². The van der Waals surface area contributed by atoms with Crippen molar-refractivity contribution in [1.82, 2.24) is 10.2 Å². The number of benzene rings is 1. The van der Waals surface area contributed by atoms with E-state index in [2.05, 4.69) is 15.1 Å². The van der Waals surface area contributed by atoms with Crippen LogP contribution in [-0.4, -0.2) is 43.7 Å². The molecule has 0 spiro atoms. The van der Waals surface area contributed by atoms with E-state index in [1.54, 1.807) is 0 Å². The summed E-state index contributed by atoms with van der Waals surface area (Å²) in [6, 6.07) is 2.83. The van der Waals surface area contributed by atoms with Crippen molar-refractivity contribution in [3.63, 3.8) is 0 Å². The lowest BCUT2D eigenvalue weighted by atomic mass is 10.0. The number of nitrogens with zero attached hydrogens (tertiary/aromatic N) is 2. The fourth-order valence-corrected chi connectivity index (χ4v) is 2.80. The standard InChI is InChI=1S/C14H15F2N3O/c1-17-14-11(15)3-2-10(13(14)16)12-7-19-5-4-18-6-9(19)8-20-12/h2-3,9,12,18H,4-8H2/t9-,12-/m0/s1. The number of fused-ring (bicyclic) bond motifs is 1. The molecule has 0 unspecified atom stereocenters. The molecule has 3 rings (SSSR count). The molecular formula is C14H15F2N3O. The van der Waals surface area contributed by atoms with Gasteiger partial charge >= 0.3 is 0 Å². The van der Waals surface area contributed by atoms with E-state index in [1.807, 2.05) is 0 Å². The van der Waals surface area contributed by atoms with Gasteiger partial charge in [-0.3, -0.25) is 4.90 Å². The maximum Gasteiger partial charge on any atom is 0.257 e. The highest BCUT2D eigenvalue weighted by atomic mass is 19.1. The highest BCUT2D eigenvalue weighted by Gasteiger charge is 2.33. The number of rotatable bonds is 1. The molecule has 0 radical (unpaired) electrons. The molecule has 2 aliphatic heterocycles. The summed E-state index contributed by atoms with van der Waals surface area (Å²) in [7, 11) is 0. The summed E-state index contributed by atoms with van der Waals surface area (Å²) in [5.74, 6) is -1.62. The van der Waals surface area contributed by atoms with Gasteiger partial charge in [-0.15, -0.1) is 0 Å². The van der Waals surface area contributed by atoms with Crippen LogP contribution >= 0.6 is 0 Å². The minimum Gasteiger partial charge on any atom is -0.370 e. The first-order valence-electron chi connectivity index (χ1n) is 6.62. The predicted octanol–water partition coefficient (Wildman–Crippen LogP) is 1.86. The Morgan fingerprint density at radius 3 is 3.05 bits per heavy atom. The summed E-state index contributed by atoms with van der Waals surface area (Å²) in [5, 5.41) is 3.29. The molecule has 20 heavy (non-hydrogen) atoms. The third-order valence-corrected chi connectivity index (χ3v) is 3.92. The van der Waals surface area contributed by atoms with Crippen molar-refractivity contribution in [2.75, 3.05) is 32.8 Å². The average Bonchev–Trinajstić information content (AvgIpc) is 2.47. The van der Waals surface area contributed by atoms with Gasteiger partial charge in [0.15, 0.2) is 0 Å². The summed E-state index contributed by atoms with van der Waals surface area (Å²) < 4.78 is 33.2. The number of morpholine rings is 1. The van der Waals surface area contributed by atoms with E-state index < -0.39 is 23.4 Å². The van der Waals surface area contributed by atoms with E-state index in [-0.39, 0.29) is 5.56 Å². The third kappa shape index (κ3) is 2.29. The number of hydrogen-bond acceptors (Lipinski definition) is 3. The third-order valence-electron chi connectivity index (χ3n) is 3.92. The second-order valence-corrected chi connectivity index (χ2v) is 5.09. The minimum absolute atomic E-state index is 0.273. The largest absolute Gasteiger partial charge is 0.370 e. The number of hydrogen-bond donors (Lipinski definition) is 1. The second kappa shape index (κ2) is 5.44. The Morgan fingerprint density at radius 1 is 1.40 bits per heavy atom. The summed E-state index contributed by atoms with van der Waals surface area (Å²) in [6.07, 6.45) is -0.439. The molecule has 2 saturated heterocycles. The lowest BCUT2D eigenvalue weighted by molar-refractivity contribution is -0.0729. The van der Waals surface area contributed by atoms with Crippen LogP contribution in [-0.2, 0) is 4.74 Å². The molecule has 1 aromatic carbocycles. The molecule has 2 heterocycles. The number of ether oxygens (including phenoxy) is 1. The zero-order valence-corrected chi connectivity index (χ0v) is 10.9. The molecule has 2 fully saturated rings. The lowest BCUT2D eigenvalue weighted by Crippen LogP contribution is -2.57. The van der Waals surface area contributed by atoms with Crippen molar-refractivity contribution in [1.29, 1.82) is 0 Å². The van der Waals surface area contributed by atoms with E-state index in [0.29, 0.717) is 19.2 Å².